The first-order chi connectivity index (χ1) is 17.8. The monoisotopic (exact) mass is 501 g/mol. The van der Waals surface area contributed by atoms with Crippen LogP contribution in [0, 0.1) is 18.6 Å². The smallest absolute Gasteiger partial charge is 0.264 e. The zero-order chi connectivity index (χ0) is 25.8. The molecule has 0 amide bonds. The molecule has 0 aliphatic heterocycles. The van der Waals surface area contributed by atoms with Crippen molar-refractivity contribution in [2.45, 2.75) is 51.6 Å². The maximum Gasteiger partial charge on any atom is 0.264 e. The second kappa shape index (κ2) is 8.72. The number of nitrogens with zero attached hydrogens (tertiary/aromatic N) is 6. The largest absolute Gasteiger partial charge is 0.383 e. The molecule has 8 nitrogen and oxygen atoms in total. The average Bonchev–Trinajstić information content (AvgIpc) is 3.54. The minimum absolute atomic E-state index is 0.0157. The molecular formula is C27H25F2N7O. The molecule has 5 aromatic rings. The summed E-state index contributed by atoms with van der Waals surface area (Å²) in [5.41, 5.74) is 8.04. The van der Waals surface area contributed by atoms with Crippen molar-refractivity contribution in [1.29, 1.82) is 0 Å². The van der Waals surface area contributed by atoms with Crippen molar-refractivity contribution in [2.75, 3.05) is 5.73 Å². The van der Waals surface area contributed by atoms with Crippen LogP contribution in [0.3, 0.4) is 0 Å². The van der Waals surface area contributed by atoms with Crippen LogP contribution < -0.4 is 11.3 Å². The van der Waals surface area contributed by atoms with E-state index in [1.165, 1.54) is 18.5 Å². The third-order valence-electron chi connectivity index (χ3n) is 7.30. The van der Waals surface area contributed by atoms with Crippen molar-refractivity contribution >= 4 is 27.8 Å². The molecule has 0 radical (unpaired) electrons. The van der Waals surface area contributed by atoms with Gasteiger partial charge in [0.2, 0.25) is 0 Å². The van der Waals surface area contributed by atoms with Crippen molar-refractivity contribution in [2.24, 2.45) is 0 Å². The van der Waals surface area contributed by atoms with E-state index in [0.717, 1.165) is 25.7 Å². The van der Waals surface area contributed by atoms with Crippen molar-refractivity contribution in [3.8, 4) is 11.3 Å². The van der Waals surface area contributed by atoms with E-state index >= 15 is 0 Å². The Balaban J connectivity index is 1.61. The van der Waals surface area contributed by atoms with Crippen LogP contribution in [0.5, 0.6) is 0 Å². The van der Waals surface area contributed by atoms with E-state index in [1.54, 1.807) is 40.4 Å². The fraction of sp³-hybridized carbons (Fsp3) is 0.296. The molecule has 188 valence electrons. The predicted molar refractivity (Wildman–Crippen MR) is 137 cm³/mol. The van der Waals surface area contributed by atoms with Gasteiger partial charge >= 0.3 is 0 Å². The highest BCUT2D eigenvalue weighted by molar-refractivity contribution is 5.98. The molecule has 2 aromatic carbocycles. The van der Waals surface area contributed by atoms with Gasteiger partial charge in [0.15, 0.2) is 5.65 Å². The second-order valence-corrected chi connectivity index (χ2v) is 9.61. The van der Waals surface area contributed by atoms with Crippen LogP contribution >= 0.6 is 0 Å². The molecule has 10 heteroatoms. The van der Waals surface area contributed by atoms with E-state index in [1.807, 2.05) is 6.92 Å². The highest BCUT2D eigenvalue weighted by atomic mass is 19.1. The molecule has 1 unspecified atom stereocenters. The van der Waals surface area contributed by atoms with Crippen LogP contribution in [0.15, 0.2) is 47.5 Å². The van der Waals surface area contributed by atoms with Gasteiger partial charge in [-0.2, -0.15) is 5.10 Å². The zero-order valence-electron chi connectivity index (χ0n) is 20.4. The molecule has 1 fully saturated rings. The summed E-state index contributed by atoms with van der Waals surface area (Å²) in [5.74, 6) is -0.286. The third kappa shape index (κ3) is 3.66. The minimum atomic E-state index is -0.588. The fourth-order valence-electron chi connectivity index (χ4n) is 5.35. The number of hydrogen-bond acceptors (Lipinski definition) is 6. The van der Waals surface area contributed by atoms with Gasteiger partial charge in [0.05, 0.1) is 10.9 Å². The first kappa shape index (κ1) is 23.2. The molecule has 6 rings (SSSR count). The SMILES string of the molecule is Cc1ccc(-c2nn(C(C)c3nc4cccc(F)c4c(=O)n3C3CCCC3)c3ncnc(N)c23)cc1F. The highest BCUT2D eigenvalue weighted by Crippen LogP contribution is 2.36. The molecule has 3 aromatic heterocycles. The zero-order valence-corrected chi connectivity index (χ0v) is 20.4. The van der Waals surface area contributed by atoms with Gasteiger partial charge in [-0.1, -0.05) is 31.0 Å². The summed E-state index contributed by atoms with van der Waals surface area (Å²) in [7, 11) is 0. The van der Waals surface area contributed by atoms with Crippen molar-refractivity contribution in [3.05, 3.63) is 76.1 Å². The Kier molecular flexibility index (Phi) is 5.47. The van der Waals surface area contributed by atoms with Crippen LogP contribution in [0.2, 0.25) is 0 Å². The summed E-state index contributed by atoms with van der Waals surface area (Å²) in [6.07, 6.45) is 4.93. The van der Waals surface area contributed by atoms with E-state index in [9.17, 15) is 13.6 Å². The van der Waals surface area contributed by atoms with E-state index in [2.05, 4.69) is 9.97 Å². The number of hydrogen-bond donors (Lipinski definition) is 1. The standard InChI is InChI=1S/C27H25F2N7O/c1-14-10-11-16(12-19(14)29)23-22-24(30)31-13-32-26(22)36(34-23)15(2)25-33-20-9-5-8-18(28)21(20)27(37)35(25)17-6-3-4-7-17/h5,8-13,15,17H,3-4,6-7H2,1-2H3,(H2,30,31,32). The molecule has 1 saturated carbocycles. The van der Waals surface area contributed by atoms with Crippen LogP contribution in [-0.4, -0.2) is 29.3 Å². The number of rotatable bonds is 4. The summed E-state index contributed by atoms with van der Waals surface area (Å²) < 4.78 is 32.5. The number of benzene rings is 2. The van der Waals surface area contributed by atoms with Crippen molar-refractivity contribution in [3.63, 3.8) is 0 Å². The fourth-order valence-corrected chi connectivity index (χ4v) is 5.35. The molecule has 1 aliphatic carbocycles. The lowest BCUT2D eigenvalue weighted by Gasteiger charge is -2.23. The molecule has 1 aliphatic rings. The first-order valence-electron chi connectivity index (χ1n) is 12.3. The molecule has 0 bridgehead atoms. The maximum atomic E-state index is 14.7. The molecule has 0 spiro atoms. The normalized spacial score (nSPS) is 15.1. The number of nitrogens with two attached hydrogens (primary N) is 1. The Morgan fingerprint density at radius 2 is 1.84 bits per heavy atom. The van der Waals surface area contributed by atoms with Crippen molar-refractivity contribution in [1.82, 2.24) is 29.3 Å². The van der Waals surface area contributed by atoms with Crippen LogP contribution in [0.25, 0.3) is 33.2 Å². The Bertz CT molecular complexity index is 1740. The summed E-state index contributed by atoms with van der Waals surface area (Å²) in [6, 6.07) is 8.65. The number of anilines is 1. The summed E-state index contributed by atoms with van der Waals surface area (Å²) in [6.45, 7) is 3.55. The Labute approximate surface area is 210 Å². The van der Waals surface area contributed by atoms with E-state index in [4.69, 9.17) is 15.8 Å². The predicted octanol–water partition coefficient (Wildman–Crippen LogP) is 5.10. The van der Waals surface area contributed by atoms with Gasteiger partial charge in [0.1, 0.15) is 46.7 Å². The average molecular weight is 502 g/mol. The number of aryl methyl sites for hydroxylation is 1. The first-order valence-corrected chi connectivity index (χ1v) is 12.3. The van der Waals surface area contributed by atoms with E-state index in [0.29, 0.717) is 33.7 Å². The number of fused-ring (bicyclic) bond motifs is 2. The quantitative estimate of drug-likeness (QED) is 0.368. The van der Waals surface area contributed by atoms with Gasteiger partial charge in [0.25, 0.3) is 5.56 Å². The van der Waals surface area contributed by atoms with Crippen LogP contribution in [0.4, 0.5) is 14.6 Å². The lowest BCUT2D eigenvalue weighted by atomic mass is 10.1. The topological polar surface area (TPSA) is 105 Å². The lowest BCUT2D eigenvalue weighted by molar-refractivity contribution is 0.433. The van der Waals surface area contributed by atoms with E-state index < -0.39 is 17.4 Å². The van der Waals surface area contributed by atoms with Gasteiger partial charge in [-0.15, -0.1) is 0 Å². The Hall–Kier alpha value is -4.21. The summed E-state index contributed by atoms with van der Waals surface area (Å²) in [5, 5.41) is 5.27. The Morgan fingerprint density at radius 1 is 1.05 bits per heavy atom. The van der Waals surface area contributed by atoms with Gasteiger partial charge in [-0.25, -0.2) is 28.4 Å². The van der Waals surface area contributed by atoms with Gasteiger partial charge in [-0.3, -0.25) is 9.36 Å². The Morgan fingerprint density at radius 3 is 2.59 bits per heavy atom. The molecule has 0 saturated heterocycles. The van der Waals surface area contributed by atoms with Gasteiger partial charge in [-0.05, 0) is 50.5 Å². The van der Waals surface area contributed by atoms with Gasteiger partial charge < -0.3 is 5.73 Å². The molecule has 3 heterocycles. The van der Waals surface area contributed by atoms with Gasteiger partial charge in [0, 0.05) is 11.6 Å². The van der Waals surface area contributed by atoms with Crippen LogP contribution in [-0.2, 0) is 0 Å². The highest BCUT2D eigenvalue weighted by Gasteiger charge is 2.29. The van der Waals surface area contributed by atoms with Crippen LogP contribution in [0.1, 0.15) is 56.1 Å². The molecule has 37 heavy (non-hydrogen) atoms. The summed E-state index contributed by atoms with van der Waals surface area (Å²) in [4.78, 5) is 27.0. The summed E-state index contributed by atoms with van der Waals surface area (Å²) >= 11 is 0. The molecule has 2 N–H and O–H groups in total. The number of halogens is 2. The van der Waals surface area contributed by atoms with Crippen molar-refractivity contribution < 1.29 is 8.78 Å². The lowest BCUT2D eigenvalue weighted by Crippen LogP contribution is -2.31. The maximum absolute atomic E-state index is 14.7. The van der Waals surface area contributed by atoms with E-state index in [-0.39, 0.29) is 28.6 Å². The molecular weight excluding hydrogens is 476 g/mol. The third-order valence-corrected chi connectivity index (χ3v) is 7.30. The molecule has 1 atom stereocenters. The number of nitrogen functional groups attached to an aromatic ring is 1. The minimum Gasteiger partial charge on any atom is -0.383 e. The number of aromatic nitrogens is 6. The second-order valence-electron chi connectivity index (χ2n) is 9.61.